The summed E-state index contributed by atoms with van der Waals surface area (Å²) in [6.45, 7) is 5.44. The van der Waals surface area contributed by atoms with E-state index in [-0.39, 0.29) is 11.8 Å². The molecule has 0 aromatic carbocycles. The summed E-state index contributed by atoms with van der Waals surface area (Å²) < 4.78 is 28.7. The molecule has 180 valence electrons. The maximum absolute atomic E-state index is 14.4. The third-order valence-corrected chi connectivity index (χ3v) is 6.59. The molecule has 1 atom stereocenters. The average Bonchev–Trinajstić information content (AvgIpc) is 3.54. The zero-order chi connectivity index (χ0) is 23.7. The molecule has 2 aliphatic heterocycles. The van der Waals surface area contributed by atoms with E-state index in [2.05, 4.69) is 10.1 Å². The van der Waals surface area contributed by atoms with Crippen LogP contribution in [0.4, 0.5) is 4.39 Å². The van der Waals surface area contributed by atoms with Gasteiger partial charge in [0, 0.05) is 55.9 Å². The molecule has 1 saturated heterocycles. The summed E-state index contributed by atoms with van der Waals surface area (Å²) in [5.41, 5.74) is 4.38. The lowest BCUT2D eigenvalue weighted by Gasteiger charge is -2.15. The molecule has 10 heteroatoms. The first-order valence-electron chi connectivity index (χ1n) is 11.8. The van der Waals surface area contributed by atoms with Crippen molar-refractivity contribution in [1.82, 2.24) is 29.4 Å². The first kappa shape index (κ1) is 22.5. The largest absolute Gasteiger partial charge is 0.479 e. The molecule has 0 aliphatic carbocycles. The van der Waals surface area contributed by atoms with Gasteiger partial charge in [0.25, 0.3) is 0 Å². The molecule has 3 aromatic rings. The number of fused-ring (bicyclic) bond motifs is 1. The number of likely N-dealkylation sites (tertiary alicyclic amines) is 1. The van der Waals surface area contributed by atoms with E-state index in [0.717, 1.165) is 55.0 Å². The van der Waals surface area contributed by atoms with Crippen LogP contribution in [0.15, 0.2) is 24.7 Å². The molecule has 9 nitrogen and oxygen atoms in total. The van der Waals surface area contributed by atoms with Gasteiger partial charge in [-0.1, -0.05) is 6.92 Å². The summed E-state index contributed by atoms with van der Waals surface area (Å²) in [6, 6.07) is 1.39. The SMILES string of the molecule is CCC(=O)N1CC[C@H](Cn2cc(-c3nn(-c4cnc(OC)c(F)c4)c4c3CCOCC4)cn2)C1. The molecule has 3 aromatic heterocycles. The van der Waals surface area contributed by atoms with Crippen LogP contribution < -0.4 is 4.74 Å². The van der Waals surface area contributed by atoms with Gasteiger partial charge in [-0.3, -0.25) is 9.48 Å². The normalized spacial score (nSPS) is 18.1. The fourth-order valence-electron chi connectivity index (χ4n) is 4.86. The minimum atomic E-state index is -0.532. The van der Waals surface area contributed by atoms with Gasteiger partial charge in [0.15, 0.2) is 5.82 Å². The lowest BCUT2D eigenvalue weighted by atomic mass is 10.0. The number of rotatable bonds is 6. The molecule has 0 N–H and O–H groups in total. The topological polar surface area (TPSA) is 87.3 Å². The maximum Gasteiger partial charge on any atom is 0.250 e. The van der Waals surface area contributed by atoms with Crippen LogP contribution in [0, 0.1) is 11.7 Å². The number of nitrogens with zero attached hydrogens (tertiary/aromatic N) is 6. The van der Waals surface area contributed by atoms with Crippen molar-refractivity contribution in [2.45, 2.75) is 39.2 Å². The van der Waals surface area contributed by atoms with Crippen LogP contribution in [0.3, 0.4) is 0 Å². The molecule has 0 radical (unpaired) electrons. The van der Waals surface area contributed by atoms with Crippen molar-refractivity contribution in [1.29, 1.82) is 0 Å². The van der Waals surface area contributed by atoms with Crippen molar-refractivity contribution in [2.75, 3.05) is 33.4 Å². The molecule has 0 unspecified atom stereocenters. The Kier molecular flexibility index (Phi) is 6.32. The molecule has 5 rings (SSSR count). The molecule has 34 heavy (non-hydrogen) atoms. The van der Waals surface area contributed by atoms with Gasteiger partial charge in [0.1, 0.15) is 0 Å². The zero-order valence-electron chi connectivity index (χ0n) is 19.5. The number of carbonyl (C=O) groups excluding carboxylic acids is 1. The Morgan fingerprint density at radius 2 is 2.15 bits per heavy atom. The van der Waals surface area contributed by atoms with Crippen LogP contribution >= 0.6 is 0 Å². The van der Waals surface area contributed by atoms with E-state index in [1.165, 1.54) is 13.2 Å². The Morgan fingerprint density at radius 1 is 1.29 bits per heavy atom. The third-order valence-electron chi connectivity index (χ3n) is 6.59. The molecule has 2 aliphatic rings. The third kappa shape index (κ3) is 4.29. The van der Waals surface area contributed by atoms with E-state index in [4.69, 9.17) is 14.6 Å². The van der Waals surface area contributed by atoms with E-state index in [1.54, 1.807) is 10.9 Å². The summed E-state index contributed by atoms with van der Waals surface area (Å²) in [5, 5.41) is 9.45. The summed E-state index contributed by atoms with van der Waals surface area (Å²) >= 11 is 0. The van der Waals surface area contributed by atoms with Crippen LogP contribution in [0.2, 0.25) is 0 Å². The second-order valence-electron chi connectivity index (χ2n) is 8.78. The summed E-state index contributed by atoms with van der Waals surface area (Å²) in [7, 11) is 1.39. The standard InChI is InChI=1S/C24H29FN6O3/c1-3-22(32)29-7-4-16(13-29)14-30-15-17(11-27-30)23-19-5-8-34-9-6-21(19)31(28-23)18-10-20(25)24(33-2)26-12-18/h10-12,15-16H,3-9,13-14H2,1-2H3/t16-/m0/s1. The highest BCUT2D eigenvalue weighted by Crippen LogP contribution is 2.31. The number of amides is 1. The number of halogens is 1. The van der Waals surface area contributed by atoms with E-state index < -0.39 is 5.82 Å². The first-order chi connectivity index (χ1) is 16.6. The van der Waals surface area contributed by atoms with Gasteiger partial charge < -0.3 is 14.4 Å². The van der Waals surface area contributed by atoms with Gasteiger partial charge in [-0.2, -0.15) is 10.2 Å². The summed E-state index contributed by atoms with van der Waals surface area (Å²) in [4.78, 5) is 18.0. The molecule has 1 fully saturated rings. The van der Waals surface area contributed by atoms with Crippen LogP contribution in [0.5, 0.6) is 5.88 Å². The van der Waals surface area contributed by atoms with Crippen LogP contribution in [-0.4, -0.2) is 68.8 Å². The lowest BCUT2D eigenvalue weighted by Crippen LogP contribution is -2.28. The molecular formula is C24H29FN6O3. The van der Waals surface area contributed by atoms with Crippen LogP contribution in [-0.2, 0) is 28.9 Å². The van der Waals surface area contributed by atoms with E-state index in [0.29, 0.717) is 37.7 Å². The van der Waals surface area contributed by atoms with Crippen molar-refractivity contribution < 1.29 is 18.7 Å². The summed E-state index contributed by atoms with van der Waals surface area (Å²) in [5.74, 6) is 0.0248. The fourth-order valence-corrected chi connectivity index (χ4v) is 4.86. The monoisotopic (exact) mass is 468 g/mol. The maximum atomic E-state index is 14.4. The minimum Gasteiger partial charge on any atom is -0.479 e. The Bertz CT molecular complexity index is 1190. The Balaban J connectivity index is 1.43. The zero-order valence-corrected chi connectivity index (χ0v) is 19.5. The first-order valence-corrected chi connectivity index (χ1v) is 11.8. The number of carbonyl (C=O) groups is 1. The highest BCUT2D eigenvalue weighted by Gasteiger charge is 2.27. The number of aromatic nitrogens is 5. The number of ether oxygens (including phenoxy) is 2. The second-order valence-corrected chi connectivity index (χ2v) is 8.78. The van der Waals surface area contributed by atoms with E-state index >= 15 is 0 Å². The molecule has 0 spiro atoms. The molecule has 1 amide bonds. The van der Waals surface area contributed by atoms with Crippen LogP contribution in [0.25, 0.3) is 16.9 Å². The van der Waals surface area contributed by atoms with Gasteiger partial charge in [0.05, 0.1) is 49.8 Å². The highest BCUT2D eigenvalue weighted by molar-refractivity contribution is 5.76. The van der Waals surface area contributed by atoms with Crippen molar-refractivity contribution >= 4 is 5.91 Å². The molecule has 5 heterocycles. The predicted molar refractivity (Wildman–Crippen MR) is 122 cm³/mol. The number of pyridine rings is 1. The van der Waals surface area contributed by atoms with Crippen molar-refractivity contribution in [3.63, 3.8) is 0 Å². The van der Waals surface area contributed by atoms with Crippen molar-refractivity contribution in [3.8, 4) is 22.8 Å². The smallest absolute Gasteiger partial charge is 0.250 e. The molecule has 0 saturated carbocycles. The fraction of sp³-hybridized carbons (Fsp3) is 0.500. The Labute approximate surface area is 197 Å². The van der Waals surface area contributed by atoms with Gasteiger partial charge >= 0.3 is 0 Å². The highest BCUT2D eigenvalue weighted by atomic mass is 19.1. The number of methoxy groups -OCH3 is 1. The van der Waals surface area contributed by atoms with Gasteiger partial charge in [0.2, 0.25) is 11.8 Å². The van der Waals surface area contributed by atoms with Crippen molar-refractivity contribution in [3.05, 3.63) is 41.7 Å². The number of hydrogen-bond donors (Lipinski definition) is 0. The lowest BCUT2D eigenvalue weighted by molar-refractivity contribution is -0.129. The Hall–Kier alpha value is -3.27. The van der Waals surface area contributed by atoms with Crippen LogP contribution in [0.1, 0.15) is 31.0 Å². The number of hydrogen-bond acceptors (Lipinski definition) is 6. The Morgan fingerprint density at radius 3 is 2.94 bits per heavy atom. The van der Waals surface area contributed by atoms with Crippen molar-refractivity contribution in [2.24, 2.45) is 5.92 Å². The summed E-state index contributed by atoms with van der Waals surface area (Å²) in [6.07, 6.45) is 8.33. The van der Waals surface area contributed by atoms with Gasteiger partial charge in [-0.25, -0.2) is 14.1 Å². The van der Waals surface area contributed by atoms with Gasteiger partial charge in [-0.05, 0) is 18.8 Å². The quantitative estimate of drug-likeness (QED) is 0.553. The minimum absolute atomic E-state index is 0.0436. The molecular weight excluding hydrogens is 439 g/mol. The van der Waals surface area contributed by atoms with E-state index in [1.807, 2.05) is 28.9 Å². The average molecular weight is 469 g/mol. The predicted octanol–water partition coefficient (Wildman–Crippen LogP) is 2.65. The van der Waals surface area contributed by atoms with E-state index in [9.17, 15) is 9.18 Å². The molecule has 0 bridgehead atoms. The second kappa shape index (κ2) is 9.54. The van der Waals surface area contributed by atoms with Gasteiger partial charge in [-0.15, -0.1) is 0 Å².